The van der Waals surface area contributed by atoms with Crippen LogP contribution in [-0.4, -0.2) is 19.3 Å². The summed E-state index contributed by atoms with van der Waals surface area (Å²) in [5.41, 5.74) is 12.3. The molecule has 1 unspecified atom stereocenters. The van der Waals surface area contributed by atoms with Crippen molar-refractivity contribution in [2.45, 2.75) is 211 Å². The Bertz CT molecular complexity index is 4680. The van der Waals surface area contributed by atoms with Crippen LogP contribution < -0.4 is 9.47 Å². The summed E-state index contributed by atoms with van der Waals surface area (Å²) in [5, 5.41) is 31.2. The van der Waals surface area contributed by atoms with E-state index in [0.717, 1.165) is 67.6 Å². The summed E-state index contributed by atoms with van der Waals surface area (Å²) >= 11 is 0. The van der Waals surface area contributed by atoms with Gasteiger partial charge in [0.2, 0.25) is 0 Å². The Labute approximate surface area is 570 Å². The van der Waals surface area contributed by atoms with Gasteiger partial charge in [0.05, 0.1) is 33.4 Å². The smallest absolute Gasteiger partial charge is 0.267 e. The van der Waals surface area contributed by atoms with Crippen molar-refractivity contribution in [3.05, 3.63) is 214 Å². The summed E-state index contributed by atoms with van der Waals surface area (Å²) in [7, 11) is 0. The Hall–Kier alpha value is -8.36. The summed E-state index contributed by atoms with van der Waals surface area (Å²) < 4.78 is 52.3. The molecule has 6 nitrogen and oxygen atoms in total. The largest absolute Gasteiger partial charge is 0.505 e. The summed E-state index contributed by atoms with van der Waals surface area (Å²) in [5.74, 6) is -0.633. The van der Waals surface area contributed by atoms with E-state index in [1.165, 1.54) is 46.5 Å². The Kier molecular flexibility index (Phi) is 17.3. The number of hydrogen-bond acceptors (Lipinski definition) is 4. The molecular formula is C88H102F2N2O4. The number of fused-ring (bicyclic) bond motifs is 6. The number of ether oxygens (including phenoxy) is 2. The van der Waals surface area contributed by atoms with Crippen LogP contribution in [-0.2, 0) is 32.5 Å². The van der Waals surface area contributed by atoms with Crippen molar-refractivity contribution in [3.63, 3.8) is 0 Å². The fourth-order valence-corrected chi connectivity index (χ4v) is 15.0. The Balaban J connectivity index is 1.13. The quantitative estimate of drug-likeness (QED) is 0.113. The number of halogens is 2. The lowest BCUT2D eigenvalue weighted by atomic mass is 9.71. The first-order chi connectivity index (χ1) is 44.4. The minimum Gasteiger partial charge on any atom is -0.505 e. The van der Waals surface area contributed by atoms with Crippen molar-refractivity contribution in [2.75, 3.05) is 0 Å². The van der Waals surface area contributed by atoms with E-state index in [9.17, 15) is 10.2 Å². The van der Waals surface area contributed by atoms with E-state index in [0.29, 0.717) is 44.8 Å². The Morgan fingerprint density at radius 2 is 0.729 bits per heavy atom. The Morgan fingerprint density at radius 1 is 0.365 bits per heavy atom. The maximum Gasteiger partial charge on any atom is 0.267 e. The van der Waals surface area contributed by atoms with E-state index in [4.69, 9.17) is 9.47 Å². The molecule has 0 radical (unpaired) electrons. The molecule has 0 saturated carbocycles. The molecule has 0 amide bonds. The molecule has 0 saturated heterocycles. The van der Waals surface area contributed by atoms with E-state index in [1.807, 2.05) is 42.5 Å². The second kappa shape index (κ2) is 24.0. The molecule has 11 rings (SSSR count). The van der Waals surface area contributed by atoms with Gasteiger partial charge in [-0.1, -0.05) is 207 Å². The molecule has 9 aromatic carbocycles. The van der Waals surface area contributed by atoms with Crippen LogP contribution in [0.5, 0.6) is 23.0 Å². The minimum atomic E-state index is -1.25. The zero-order valence-corrected chi connectivity index (χ0v) is 61.4. The average Bonchev–Trinajstić information content (AvgIpc) is 1.53. The first-order valence-corrected chi connectivity index (χ1v) is 34.3. The highest BCUT2D eigenvalue weighted by Crippen LogP contribution is 2.52. The lowest BCUT2D eigenvalue weighted by Crippen LogP contribution is -2.25. The number of aryl methyl sites for hydroxylation is 1. The molecule has 8 heteroatoms. The molecule has 2 aromatic heterocycles. The molecule has 502 valence electrons. The van der Waals surface area contributed by atoms with E-state index >= 15 is 8.78 Å². The number of hydrogen-bond donors (Lipinski definition) is 2. The van der Waals surface area contributed by atoms with Crippen molar-refractivity contribution in [2.24, 2.45) is 10.8 Å². The molecule has 96 heavy (non-hydrogen) atoms. The summed E-state index contributed by atoms with van der Waals surface area (Å²) in [6.45, 7) is 50.9. The van der Waals surface area contributed by atoms with Crippen LogP contribution in [0.4, 0.5) is 8.78 Å². The van der Waals surface area contributed by atoms with E-state index < -0.39 is 28.8 Å². The molecule has 0 aliphatic rings. The number of phenolic OH excluding ortho intramolecular Hbond substituents is 2. The van der Waals surface area contributed by atoms with Gasteiger partial charge in [-0.15, -0.1) is 0 Å². The van der Waals surface area contributed by atoms with Gasteiger partial charge in [0, 0.05) is 49.4 Å². The molecule has 0 aliphatic heterocycles. The zero-order chi connectivity index (χ0) is 70.1. The first-order valence-electron chi connectivity index (χ1n) is 34.3. The van der Waals surface area contributed by atoms with Crippen LogP contribution in [0.2, 0.25) is 0 Å². The van der Waals surface area contributed by atoms with Gasteiger partial charge < -0.3 is 28.8 Å². The molecule has 1 atom stereocenters. The van der Waals surface area contributed by atoms with Crippen LogP contribution in [0.25, 0.3) is 77.2 Å². The fraction of sp³-hybridized carbons (Fsp3) is 0.386. The zero-order valence-electron chi connectivity index (χ0n) is 61.4. The normalized spacial score (nSPS) is 13.6. The van der Waals surface area contributed by atoms with Crippen molar-refractivity contribution in [1.82, 2.24) is 9.13 Å². The summed E-state index contributed by atoms with van der Waals surface area (Å²) in [4.78, 5) is 0. The van der Waals surface area contributed by atoms with Gasteiger partial charge in [0.25, 0.3) is 6.29 Å². The van der Waals surface area contributed by atoms with E-state index in [2.05, 4.69) is 246 Å². The molecule has 0 aliphatic carbocycles. The highest BCUT2D eigenvalue weighted by molar-refractivity contribution is 6.11. The predicted molar refractivity (Wildman–Crippen MR) is 400 cm³/mol. The maximum atomic E-state index is 16.8. The molecule has 11 aromatic rings. The lowest BCUT2D eigenvalue weighted by Gasteiger charge is -2.34. The van der Waals surface area contributed by atoms with Crippen molar-refractivity contribution in [3.8, 4) is 56.6 Å². The highest BCUT2D eigenvalue weighted by Gasteiger charge is 2.35. The van der Waals surface area contributed by atoms with E-state index in [1.54, 1.807) is 13.0 Å². The Morgan fingerprint density at radius 3 is 1.09 bits per heavy atom. The van der Waals surface area contributed by atoms with Crippen molar-refractivity contribution < 1.29 is 28.5 Å². The molecule has 0 spiro atoms. The second-order valence-corrected chi connectivity index (χ2v) is 35.3. The van der Waals surface area contributed by atoms with Gasteiger partial charge in [0.15, 0.2) is 0 Å². The van der Waals surface area contributed by atoms with Crippen LogP contribution in [0.3, 0.4) is 0 Å². The van der Waals surface area contributed by atoms with Gasteiger partial charge in [0.1, 0.15) is 34.6 Å². The van der Waals surface area contributed by atoms with E-state index in [-0.39, 0.29) is 55.5 Å². The number of benzene rings is 9. The van der Waals surface area contributed by atoms with Gasteiger partial charge in [-0.2, -0.15) is 0 Å². The maximum absolute atomic E-state index is 16.8. The lowest BCUT2D eigenvalue weighted by molar-refractivity contribution is 0.00406. The number of aromatic hydroxyl groups is 2. The fourth-order valence-electron chi connectivity index (χ4n) is 15.0. The summed E-state index contributed by atoms with van der Waals surface area (Å²) in [6.07, 6.45) is 0.333. The average molecular weight is 1290 g/mol. The second-order valence-electron chi connectivity index (χ2n) is 35.3. The minimum absolute atomic E-state index is 0.0511. The third-order valence-corrected chi connectivity index (χ3v) is 19.5. The van der Waals surface area contributed by atoms with Crippen molar-refractivity contribution in [1.29, 1.82) is 0 Å². The van der Waals surface area contributed by atoms with Crippen LogP contribution in [0.15, 0.2) is 158 Å². The van der Waals surface area contributed by atoms with Gasteiger partial charge in [-0.25, -0.2) is 8.78 Å². The number of rotatable bonds is 13. The third-order valence-electron chi connectivity index (χ3n) is 19.5. The standard InChI is InChI=1S/C88H102F2N2O4/c1-52-39-61(90)49-69(68-45-59(88(22,23)51-82(5,6)7)47-75(78(68)94)92-72-36-31-56(85(14,15)16)42-64(72)65-43-57(86(17,18)19)32-37-73(65)92)79(52)96-80(53-27-25-24-26-28-53)95-76-38-33-60(89)48-66(76)67-44-58(87(20,21)50-81(2,3)4)46-74(77(67)93)91-70-34-29-54(83(8,9)10)40-62(70)63-41-55(84(11,12)13)30-35-71(63)91/h24-49,80,93-94H,50-51H2,1-23H3. The topological polar surface area (TPSA) is 68.8 Å². The van der Waals surface area contributed by atoms with Gasteiger partial charge in [-0.3, -0.25) is 0 Å². The number of phenols is 2. The first kappa shape index (κ1) is 69.0. The molecule has 2 N–H and O–H groups in total. The monoisotopic (exact) mass is 1290 g/mol. The van der Waals surface area contributed by atoms with Gasteiger partial charge >= 0.3 is 0 Å². The summed E-state index contributed by atoms with van der Waals surface area (Å²) in [6, 6.07) is 51.6. The molecule has 0 bridgehead atoms. The van der Waals surface area contributed by atoms with Crippen LogP contribution in [0.1, 0.15) is 216 Å². The number of aromatic nitrogens is 2. The van der Waals surface area contributed by atoms with Crippen molar-refractivity contribution >= 4 is 43.6 Å². The molecule has 2 heterocycles. The van der Waals surface area contributed by atoms with Gasteiger partial charge in [-0.05, 0) is 205 Å². The number of nitrogens with zero attached hydrogens (tertiary/aromatic N) is 2. The highest BCUT2D eigenvalue weighted by atomic mass is 19.1. The molecular weight excluding hydrogens is 1190 g/mol. The third kappa shape index (κ3) is 13.6. The predicted octanol–water partition coefficient (Wildman–Crippen LogP) is 25.0. The van der Waals surface area contributed by atoms with Crippen LogP contribution >= 0.6 is 0 Å². The van der Waals surface area contributed by atoms with Crippen LogP contribution in [0, 0.1) is 29.4 Å². The SMILES string of the molecule is Cc1cc(F)cc(-c2cc(C(C)(C)CC(C)(C)C)cc(-n3c4ccc(C(C)(C)C)cc4c4cc(C(C)(C)C)ccc43)c2O)c1OC(Oc1ccc(F)cc1-c1cc(C(C)(C)CC(C)(C)C)cc(-n2c3ccc(C(C)(C)C)cc3c3cc(C(C)(C)C)ccc32)c1O)c1ccccc1. The molecule has 0 fully saturated rings.